The molecule has 0 aliphatic rings. The summed E-state index contributed by atoms with van der Waals surface area (Å²) in [5.74, 6) is 0. The minimum absolute atomic E-state index is 0.160. The Balaban J connectivity index is 2.24. The maximum absolute atomic E-state index is 4.68. The summed E-state index contributed by atoms with van der Waals surface area (Å²) in [6.45, 7) is 2.11. The van der Waals surface area contributed by atoms with Crippen LogP contribution < -0.4 is 3.61 Å². The zero-order valence-corrected chi connectivity index (χ0v) is 17.9. The number of aliphatic imine (C=N–C) groups is 1. The van der Waals surface area contributed by atoms with Crippen LogP contribution >= 0.6 is 38.3 Å². The van der Waals surface area contributed by atoms with Crippen LogP contribution in [-0.4, -0.2) is 17.8 Å². The Morgan fingerprint density at radius 1 is 0.950 bits per heavy atom. The van der Waals surface area contributed by atoms with Crippen LogP contribution in [0, 0.1) is 0 Å². The van der Waals surface area contributed by atoms with Crippen LogP contribution in [0.5, 0.6) is 0 Å². The molecule has 0 saturated heterocycles. The Hall–Kier alpha value is 0.340. The molecule has 0 N–H and O–H groups in total. The first-order chi connectivity index (χ1) is 9.48. The predicted octanol–water partition coefficient (Wildman–Crippen LogP) is 5.20. The van der Waals surface area contributed by atoms with Gasteiger partial charge in [-0.25, -0.2) is 0 Å². The first-order valence-corrected chi connectivity index (χ1v) is 22.9. The van der Waals surface area contributed by atoms with Crippen molar-refractivity contribution < 1.29 is 0 Å². The van der Waals surface area contributed by atoms with Crippen LogP contribution in [0.1, 0.15) is 24.1 Å². The van der Waals surface area contributed by atoms with Gasteiger partial charge in [-0.15, -0.1) is 0 Å². The number of hydrogen-bond donors (Lipinski definition) is 0. The molecule has 0 bridgehead atoms. The van der Waals surface area contributed by atoms with E-state index in [-0.39, 0.29) is 6.04 Å². The van der Waals surface area contributed by atoms with Gasteiger partial charge in [-0.1, -0.05) is 0 Å². The summed E-state index contributed by atoms with van der Waals surface area (Å²) in [6.07, 6.45) is 1.97. The zero-order chi connectivity index (χ0) is 14.6. The van der Waals surface area contributed by atoms with Crippen molar-refractivity contribution in [1.82, 2.24) is 0 Å². The topological polar surface area (TPSA) is 12.4 Å². The molecule has 1 nitrogen and oxygen atoms in total. The van der Waals surface area contributed by atoms with Crippen molar-refractivity contribution in [3.05, 3.63) is 65.7 Å². The Kier molecular flexibility index (Phi) is 6.31. The van der Waals surface area contributed by atoms with Gasteiger partial charge in [0.2, 0.25) is 0 Å². The molecule has 1 unspecified atom stereocenters. The molecule has 1 atom stereocenters. The maximum atomic E-state index is 4.68. The number of benzene rings is 2. The molecule has 5 heteroatoms. The molecule has 0 heterocycles. The van der Waals surface area contributed by atoms with Crippen molar-refractivity contribution in [2.45, 2.75) is 13.0 Å². The molecule has 106 valence electrons. The van der Waals surface area contributed by atoms with E-state index in [4.69, 9.17) is 0 Å². The second kappa shape index (κ2) is 7.56. The van der Waals surface area contributed by atoms with Crippen LogP contribution in [0.4, 0.5) is 0 Å². The van der Waals surface area contributed by atoms with Gasteiger partial charge in [0.05, 0.1) is 0 Å². The molecule has 0 fully saturated rings. The Morgan fingerprint density at radius 3 is 2.20 bits per heavy atom. The van der Waals surface area contributed by atoms with E-state index >= 15 is 0 Å². The van der Waals surface area contributed by atoms with E-state index < -0.39 is 11.6 Å². The Bertz CT molecular complexity index is 594. The fraction of sp³-hybridized carbons (Fsp3) is 0.133. The monoisotopic (exact) mass is 575 g/mol. The van der Waals surface area contributed by atoms with E-state index in [0.29, 0.717) is 0 Å². The van der Waals surface area contributed by atoms with Gasteiger partial charge in [0.25, 0.3) is 0 Å². The van der Waals surface area contributed by atoms with Crippen LogP contribution in [0.2, 0.25) is 0 Å². The van der Waals surface area contributed by atoms with Crippen LogP contribution in [0.3, 0.4) is 0 Å². The number of nitrogens with zero attached hydrogens (tertiary/aromatic N) is 1. The standard InChI is InChI=1S/C15H14Br3NTe/c1-12(13-7-3-2-4-8-13)19-11-14-9-5-6-10-15(14)20(16,17)18/h2-12H,1H3. The summed E-state index contributed by atoms with van der Waals surface area (Å²) in [5.41, 5.74) is 2.38. The molecule has 0 saturated carbocycles. The van der Waals surface area contributed by atoms with Crippen LogP contribution in [-0.2, 0) is 0 Å². The van der Waals surface area contributed by atoms with Crippen molar-refractivity contribution >= 4 is 59.6 Å². The van der Waals surface area contributed by atoms with Gasteiger partial charge in [0, 0.05) is 0 Å². The summed E-state index contributed by atoms with van der Waals surface area (Å²) in [4.78, 5) is 4.68. The molecule has 0 aliphatic carbocycles. The first-order valence-electron chi connectivity index (χ1n) is 6.08. The predicted molar refractivity (Wildman–Crippen MR) is 101 cm³/mol. The van der Waals surface area contributed by atoms with Crippen LogP contribution in [0.15, 0.2) is 59.6 Å². The summed E-state index contributed by atoms with van der Waals surface area (Å²) in [7, 11) is 0. The van der Waals surface area contributed by atoms with Gasteiger partial charge in [-0.3, -0.25) is 0 Å². The fourth-order valence-electron chi connectivity index (χ4n) is 1.81. The SMILES string of the molecule is CC(N=Cc1ccccc1[Te](Br)(Br)Br)c1ccccc1. The first kappa shape index (κ1) is 16.7. The third-order valence-corrected chi connectivity index (χ3v) is 12.4. The third-order valence-electron chi connectivity index (χ3n) is 2.89. The Labute approximate surface area is 142 Å². The molecule has 0 spiro atoms. The van der Waals surface area contributed by atoms with E-state index in [0.717, 1.165) is 5.56 Å². The van der Waals surface area contributed by atoms with E-state index in [1.807, 2.05) is 30.5 Å². The average Bonchev–Trinajstić information content (AvgIpc) is 2.45. The summed E-state index contributed by atoms with van der Waals surface area (Å²) < 4.78 is 1.28. The zero-order valence-electron chi connectivity index (χ0n) is 10.8. The van der Waals surface area contributed by atoms with Gasteiger partial charge in [-0.2, -0.15) is 0 Å². The van der Waals surface area contributed by atoms with Gasteiger partial charge in [0.1, 0.15) is 0 Å². The fourth-order valence-corrected chi connectivity index (χ4v) is 9.51. The second-order valence-corrected chi connectivity index (χ2v) is 44.9. The van der Waals surface area contributed by atoms with Crippen molar-refractivity contribution in [2.24, 2.45) is 4.99 Å². The molecule has 0 radical (unpaired) electrons. The molecule has 2 aromatic carbocycles. The molecule has 0 aromatic heterocycles. The Morgan fingerprint density at radius 2 is 1.55 bits per heavy atom. The van der Waals surface area contributed by atoms with Gasteiger partial charge >= 0.3 is 143 Å². The summed E-state index contributed by atoms with van der Waals surface area (Å²) >= 11 is 8.83. The van der Waals surface area contributed by atoms with Crippen molar-refractivity contribution in [3.63, 3.8) is 0 Å². The van der Waals surface area contributed by atoms with Crippen LogP contribution in [0.25, 0.3) is 0 Å². The van der Waals surface area contributed by atoms with Gasteiger partial charge < -0.3 is 0 Å². The average molecular weight is 576 g/mol. The van der Waals surface area contributed by atoms with E-state index in [2.05, 4.69) is 80.5 Å². The van der Waals surface area contributed by atoms with Gasteiger partial charge in [0.15, 0.2) is 0 Å². The minimum atomic E-state index is -2.42. The molecule has 2 aromatic rings. The van der Waals surface area contributed by atoms with Crippen molar-refractivity contribution in [1.29, 1.82) is 0 Å². The second-order valence-electron chi connectivity index (χ2n) is 4.31. The number of hydrogen-bond acceptors (Lipinski definition) is 1. The van der Waals surface area contributed by atoms with Crippen molar-refractivity contribution in [2.75, 3.05) is 0 Å². The van der Waals surface area contributed by atoms with E-state index in [1.165, 1.54) is 9.17 Å². The third kappa shape index (κ3) is 4.68. The molecular formula is C15H14Br3NTe. The van der Waals surface area contributed by atoms with Gasteiger partial charge in [-0.05, 0) is 0 Å². The van der Waals surface area contributed by atoms with E-state index in [1.54, 1.807) is 0 Å². The quantitative estimate of drug-likeness (QED) is 0.351. The summed E-state index contributed by atoms with van der Waals surface area (Å²) in [5, 5.41) is 0. The number of rotatable bonds is 4. The molecule has 2 rings (SSSR count). The molecule has 20 heavy (non-hydrogen) atoms. The normalized spacial score (nSPS) is 14.4. The van der Waals surface area contributed by atoms with E-state index in [9.17, 15) is 0 Å². The molecular weight excluding hydrogens is 561 g/mol. The van der Waals surface area contributed by atoms with Crippen molar-refractivity contribution in [3.8, 4) is 0 Å². The number of halogens is 3. The molecule has 0 aliphatic heterocycles. The summed E-state index contributed by atoms with van der Waals surface area (Å²) in [6, 6.07) is 18.8. The molecule has 0 amide bonds.